The summed E-state index contributed by atoms with van der Waals surface area (Å²) in [5, 5.41) is 2.98. The minimum atomic E-state index is -0.0889. The minimum absolute atomic E-state index is 0.0889. The maximum atomic E-state index is 12.2. The summed E-state index contributed by atoms with van der Waals surface area (Å²) in [5.74, 6) is 1.81. The van der Waals surface area contributed by atoms with Crippen molar-refractivity contribution in [1.82, 2.24) is 20.2 Å². The molecule has 138 valence electrons. The van der Waals surface area contributed by atoms with E-state index in [1.165, 1.54) is 0 Å². The standard InChI is InChI=1S/C20H27N5O/c1-3-10-22-20(26)16(2)24-12-14-25(15-13-24)18-9-11-21-19(23-18)17-7-5-4-6-8-17/h4-9,11,16H,3,10,12-15H2,1-2H3,(H,22,26). The lowest BCUT2D eigenvalue weighted by molar-refractivity contribution is -0.126. The molecule has 1 fully saturated rings. The van der Waals surface area contributed by atoms with Gasteiger partial charge in [-0.05, 0) is 19.4 Å². The molecule has 0 saturated carbocycles. The normalized spacial score (nSPS) is 16.3. The van der Waals surface area contributed by atoms with Crippen LogP contribution in [-0.4, -0.2) is 59.5 Å². The maximum absolute atomic E-state index is 12.2. The molecule has 2 heterocycles. The quantitative estimate of drug-likeness (QED) is 0.862. The summed E-state index contributed by atoms with van der Waals surface area (Å²) < 4.78 is 0. The molecule has 1 aliphatic heterocycles. The van der Waals surface area contributed by atoms with Gasteiger partial charge in [-0.3, -0.25) is 9.69 Å². The summed E-state index contributed by atoms with van der Waals surface area (Å²) in [6.07, 6.45) is 2.78. The van der Waals surface area contributed by atoms with E-state index in [-0.39, 0.29) is 11.9 Å². The first kappa shape index (κ1) is 18.3. The minimum Gasteiger partial charge on any atom is -0.355 e. The second-order valence-corrected chi connectivity index (χ2v) is 6.59. The highest BCUT2D eigenvalue weighted by atomic mass is 16.2. The molecule has 26 heavy (non-hydrogen) atoms. The number of nitrogens with zero attached hydrogens (tertiary/aromatic N) is 4. The largest absolute Gasteiger partial charge is 0.355 e. The van der Waals surface area contributed by atoms with E-state index in [0.717, 1.165) is 56.4 Å². The molecule has 0 bridgehead atoms. The van der Waals surface area contributed by atoms with Crippen LogP contribution in [0.3, 0.4) is 0 Å². The number of piperazine rings is 1. The van der Waals surface area contributed by atoms with Gasteiger partial charge in [0.2, 0.25) is 5.91 Å². The summed E-state index contributed by atoms with van der Waals surface area (Å²) in [7, 11) is 0. The van der Waals surface area contributed by atoms with Crippen molar-refractivity contribution in [3.63, 3.8) is 0 Å². The summed E-state index contributed by atoms with van der Waals surface area (Å²) in [6.45, 7) is 8.21. The van der Waals surface area contributed by atoms with Crippen molar-refractivity contribution in [2.75, 3.05) is 37.6 Å². The van der Waals surface area contributed by atoms with E-state index < -0.39 is 0 Å². The number of rotatable bonds is 6. The molecule has 1 aromatic heterocycles. The van der Waals surface area contributed by atoms with Crippen LogP contribution in [-0.2, 0) is 4.79 Å². The number of benzene rings is 1. The van der Waals surface area contributed by atoms with Crippen molar-refractivity contribution in [1.29, 1.82) is 0 Å². The Kier molecular flexibility index (Phi) is 6.17. The van der Waals surface area contributed by atoms with E-state index in [9.17, 15) is 4.79 Å². The molecule has 1 saturated heterocycles. The van der Waals surface area contributed by atoms with Gasteiger partial charge in [-0.25, -0.2) is 9.97 Å². The van der Waals surface area contributed by atoms with Gasteiger partial charge in [-0.2, -0.15) is 0 Å². The molecule has 2 aromatic rings. The Morgan fingerprint density at radius 3 is 2.58 bits per heavy atom. The van der Waals surface area contributed by atoms with Gasteiger partial charge in [-0.15, -0.1) is 0 Å². The lowest BCUT2D eigenvalue weighted by Crippen LogP contribution is -2.54. The summed E-state index contributed by atoms with van der Waals surface area (Å²) >= 11 is 0. The summed E-state index contributed by atoms with van der Waals surface area (Å²) in [4.78, 5) is 25.8. The molecule has 6 nitrogen and oxygen atoms in total. The second-order valence-electron chi connectivity index (χ2n) is 6.59. The van der Waals surface area contributed by atoms with Crippen molar-refractivity contribution in [2.24, 2.45) is 0 Å². The van der Waals surface area contributed by atoms with Gasteiger partial charge in [0.05, 0.1) is 6.04 Å². The molecular formula is C20H27N5O. The molecule has 6 heteroatoms. The lowest BCUT2D eigenvalue weighted by Gasteiger charge is -2.38. The zero-order valence-electron chi connectivity index (χ0n) is 15.6. The first-order valence-corrected chi connectivity index (χ1v) is 9.34. The third kappa shape index (κ3) is 4.38. The van der Waals surface area contributed by atoms with Crippen LogP contribution in [0.4, 0.5) is 5.82 Å². The van der Waals surface area contributed by atoms with Crippen molar-refractivity contribution >= 4 is 11.7 Å². The Morgan fingerprint density at radius 1 is 1.15 bits per heavy atom. The van der Waals surface area contributed by atoms with Crippen LogP contribution < -0.4 is 10.2 Å². The first-order chi connectivity index (χ1) is 12.7. The highest BCUT2D eigenvalue weighted by molar-refractivity contribution is 5.81. The predicted octanol–water partition coefficient (Wildman–Crippen LogP) is 2.18. The van der Waals surface area contributed by atoms with Gasteiger partial charge in [0.25, 0.3) is 0 Å². The summed E-state index contributed by atoms with van der Waals surface area (Å²) in [6, 6.07) is 11.9. The average Bonchev–Trinajstić information content (AvgIpc) is 2.72. The third-order valence-electron chi connectivity index (χ3n) is 4.79. The van der Waals surface area contributed by atoms with Crippen molar-refractivity contribution < 1.29 is 4.79 Å². The van der Waals surface area contributed by atoms with Gasteiger partial charge in [0, 0.05) is 44.5 Å². The number of aromatic nitrogens is 2. The van der Waals surface area contributed by atoms with Crippen LogP contribution in [0.15, 0.2) is 42.6 Å². The van der Waals surface area contributed by atoms with Crippen LogP contribution in [0.1, 0.15) is 20.3 Å². The number of carbonyl (C=O) groups is 1. The SMILES string of the molecule is CCCNC(=O)C(C)N1CCN(c2ccnc(-c3ccccc3)n2)CC1. The Bertz CT molecular complexity index is 713. The van der Waals surface area contributed by atoms with Crippen molar-refractivity contribution in [3.05, 3.63) is 42.6 Å². The average molecular weight is 353 g/mol. The monoisotopic (exact) mass is 353 g/mol. The number of hydrogen-bond donors (Lipinski definition) is 1. The molecule has 3 rings (SSSR count). The van der Waals surface area contributed by atoms with E-state index in [4.69, 9.17) is 4.98 Å². The lowest BCUT2D eigenvalue weighted by atomic mass is 10.2. The highest BCUT2D eigenvalue weighted by Gasteiger charge is 2.25. The maximum Gasteiger partial charge on any atom is 0.237 e. The van der Waals surface area contributed by atoms with Crippen LogP contribution in [0, 0.1) is 0 Å². The van der Waals surface area contributed by atoms with E-state index in [1.807, 2.05) is 49.5 Å². The van der Waals surface area contributed by atoms with Crippen LogP contribution in [0.5, 0.6) is 0 Å². The highest BCUT2D eigenvalue weighted by Crippen LogP contribution is 2.19. The second kappa shape index (κ2) is 8.76. The van der Waals surface area contributed by atoms with Crippen molar-refractivity contribution in [3.8, 4) is 11.4 Å². The van der Waals surface area contributed by atoms with E-state index >= 15 is 0 Å². The Labute approximate surface area is 155 Å². The Balaban J connectivity index is 1.61. The van der Waals surface area contributed by atoms with Crippen molar-refractivity contribution in [2.45, 2.75) is 26.3 Å². The number of hydrogen-bond acceptors (Lipinski definition) is 5. The molecule has 1 aliphatic rings. The molecule has 1 aromatic carbocycles. The fourth-order valence-electron chi connectivity index (χ4n) is 3.15. The van der Waals surface area contributed by atoms with Gasteiger partial charge >= 0.3 is 0 Å². The third-order valence-corrected chi connectivity index (χ3v) is 4.79. The smallest absolute Gasteiger partial charge is 0.237 e. The molecular weight excluding hydrogens is 326 g/mol. The molecule has 1 amide bonds. The van der Waals surface area contributed by atoms with Gasteiger partial charge in [-0.1, -0.05) is 37.3 Å². The zero-order valence-corrected chi connectivity index (χ0v) is 15.6. The topological polar surface area (TPSA) is 61.4 Å². The van der Waals surface area contributed by atoms with E-state index in [0.29, 0.717) is 0 Å². The number of nitrogens with one attached hydrogen (secondary N) is 1. The number of amides is 1. The van der Waals surface area contributed by atoms with Crippen LogP contribution >= 0.6 is 0 Å². The summed E-state index contributed by atoms with van der Waals surface area (Å²) in [5.41, 5.74) is 1.02. The zero-order chi connectivity index (χ0) is 18.4. The molecule has 1 atom stereocenters. The first-order valence-electron chi connectivity index (χ1n) is 9.34. The number of carbonyl (C=O) groups excluding carboxylic acids is 1. The van der Waals surface area contributed by atoms with Gasteiger partial charge in [0.15, 0.2) is 5.82 Å². The Hall–Kier alpha value is -2.47. The molecule has 0 aliphatic carbocycles. The number of anilines is 1. The van der Waals surface area contributed by atoms with Crippen LogP contribution in [0.25, 0.3) is 11.4 Å². The fraction of sp³-hybridized carbons (Fsp3) is 0.450. The fourth-order valence-corrected chi connectivity index (χ4v) is 3.15. The van der Waals surface area contributed by atoms with E-state index in [1.54, 1.807) is 0 Å². The van der Waals surface area contributed by atoms with E-state index in [2.05, 4.69) is 27.0 Å². The Morgan fingerprint density at radius 2 is 1.88 bits per heavy atom. The molecule has 0 radical (unpaired) electrons. The predicted molar refractivity (Wildman–Crippen MR) is 104 cm³/mol. The van der Waals surface area contributed by atoms with Crippen LogP contribution in [0.2, 0.25) is 0 Å². The van der Waals surface area contributed by atoms with Gasteiger partial charge in [0.1, 0.15) is 5.82 Å². The molecule has 0 spiro atoms. The van der Waals surface area contributed by atoms with Gasteiger partial charge < -0.3 is 10.2 Å². The molecule has 1 N–H and O–H groups in total. The molecule has 1 unspecified atom stereocenters.